The van der Waals surface area contributed by atoms with Gasteiger partial charge in [0.05, 0.1) is 6.54 Å². The third-order valence-electron chi connectivity index (χ3n) is 4.29. The number of hydrogen-bond acceptors (Lipinski definition) is 5. The molecule has 1 aliphatic rings. The molecule has 0 radical (unpaired) electrons. The molecule has 0 saturated heterocycles. The summed E-state index contributed by atoms with van der Waals surface area (Å²) >= 11 is 0. The lowest BCUT2D eigenvalue weighted by atomic mass is 10.1. The minimum atomic E-state index is -3.76. The lowest BCUT2D eigenvalue weighted by Gasteiger charge is -2.18. The molecule has 0 unspecified atom stereocenters. The molecule has 0 aromatic heterocycles. The Bertz CT molecular complexity index is 1050. The Kier molecular flexibility index (Phi) is 5.46. The van der Waals surface area contributed by atoms with E-state index in [0.717, 1.165) is 12.0 Å². The smallest absolute Gasteiger partial charge is 0.285 e. The Morgan fingerprint density at radius 3 is 2.39 bits per heavy atom. The summed E-state index contributed by atoms with van der Waals surface area (Å²) in [4.78, 5) is 25.8. The molecule has 0 fully saturated rings. The Morgan fingerprint density at radius 1 is 1.04 bits per heavy atom. The van der Waals surface area contributed by atoms with Crippen LogP contribution in [-0.4, -0.2) is 44.6 Å². The number of amides is 2. The maximum Gasteiger partial charge on any atom is 0.285 e. The summed E-state index contributed by atoms with van der Waals surface area (Å²) in [5, 5.41) is 0. The van der Waals surface area contributed by atoms with E-state index in [1.165, 1.54) is 11.0 Å². The van der Waals surface area contributed by atoms with Gasteiger partial charge < -0.3 is 4.90 Å². The van der Waals surface area contributed by atoms with E-state index in [-0.39, 0.29) is 17.3 Å². The molecule has 146 valence electrons. The second-order valence-corrected chi connectivity index (χ2v) is 7.87. The lowest BCUT2D eigenvalue weighted by Crippen LogP contribution is -2.46. The van der Waals surface area contributed by atoms with Crippen molar-refractivity contribution in [3.63, 3.8) is 0 Å². The Morgan fingerprint density at radius 2 is 1.71 bits per heavy atom. The third kappa shape index (κ3) is 4.04. The quantitative estimate of drug-likeness (QED) is 0.747. The first kappa shape index (κ1) is 19.6. The van der Waals surface area contributed by atoms with Crippen molar-refractivity contribution in [2.24, 2.45) is 4.40 Å². The number of rotatable bonds is 4. The van der Waals surface area contributed by atoms with Gasteiger partial charge in [0, 0.05) is 18.2 Å². The summed E-state index contributed by atoms with van der Waals surface area (Å²) in [6.45, 7) is 1.84. The van der Waals surface area contributed by atoms with Gasteiger partial charge in [-0.3, -0.25) is 20.4 Å². The second kappa shape index (κ2) is 7.81. The number of aryl methyl sites for hydroxylation is 1. The highest BCUT2D eigenvalue weighted by molar-refractivity contribution is 7.90. The third-order valence-corrected chi connectivity index (χ3v) is 5.62. The molecule has 1 aliphatic heterocycles. The Balaban J connectivity index is 1.60. The molecule has 1 heterocycles. The molecule has 0 spiro atoms. The fourth-order valence-electron chi connectivity index (χ4n) is 2.78. The van der Waals surface area contributed by atoms with E-state index < -0.39 is 21.8 Å². The van der Waals surface area contributed by atoms with Crippen LogP contribution in [0.3, 0.4) is 0 Å². The highest BCUT2D eigenvalue weighted by Gasteiger charge is 2.30. The largest absolute Gasteiger partial charge is 0.349 e. The van der Waals surface area contributed by atoms with Crippen LogP contribution in [-0.2, 0) is 21.2 Å². The summed E-state index contributed by atoms with van der Waals surface area (Å²) < 4.78 is 27.9. The second-order valence-electron chi connectivity index (χ2n) is 6.29. The number of fused-ring (bicyclic) bond motifs is 1. The summed E-state index contributed by atoms with van der Waals surface area (Å²) in [5.41, 5.74) is 6.64. The number of hydrazine groups is 1. The molecule has 9 heteroatoms. The number of likely N-dealkylation sites (N-methyl/N-ethyl adjacent to an activating group) is 1. The van der Waals surface area contributed by atoms with Crippen LogP contribution in [0.15, 0.2) is 57.8 Å². The zero-order chi connectivity index (χ0) is 20.3. The SMILES string of the molecule is CCc1ccc(C(=O)NNC(=O)CN(C)C2=NS(=O)(=O)c3ccccc32)cc1. The monoisotopic (exact) mass is 400 g/mol. The molecule has 0 aliphatic carbocycles. The van der Waals surface area contributed by atoms with Gasteiger partial charge in [0.2, 0.25) is 0 Å². The maximum absolute atomic E-state index is 12.1. The van der Waals surface area contributed by atoms with Gasteiger partial charge in [-0.2, -0.15) is 8.42 Å². The van der Waals surface area contributed by atoms with Crippen LogP contribution in [0.5, 0.6) is 0 Å². The van der Waals surface area contributed by atoms with Crippen molar-refractivity contribution < 1.29 is 18.0 Å². The molecule has 2 aromatic carbocycles. The van der Waals surface area contributed by atoms with Crippen LogP contribution in [0.1, 0.15) is 28.4 Å². The maximum atomic E-state index is 12.1. The van der Waals surface area contributed by atoms with Gasteiger partial charge in [-0.15, -0.1) is 4.40 Å². The average molecular weight is 400 g/mol. The van der Waals surface area contributed by atoms with Crippen LogP contribution in [0.2, 0.25) is 0 Å². The van der Waals surface area contributed by atoms with Crippen molar-refractivity contribution in [2.45, 2.75) is 18.2 Å². The molecular formula is C19H20N4O4S. The average Bonchev–Trinajstić information content (AvgIpc) is 2.98. The highest BCUT2D eigenvalue weighted by atomic mass is 32.2. The van der Waals surface area contributed by atoms with E-state index in [9.17, 15) is 18.0 Å². The molecule has 8 nitrogen and oxygen atoms in total. The first-order chi connectivity index (χ1) is 13.3. The molecular weight excluding hydrogens is 380 g/mol. The Labute approximate surface area is 163 Å². The van der Waals surface area contributed by atoms with E-state index in [0.29, 0.717) is 11.1 Å². The molecule has 0 saturated carbocycles. The summed E-state index contributed by atoms with van der Waals surface area (Å²) in [6.07, 6.45) is 0.869. The van der Waals surface area contributed by atoms with Crippen LogP contribution in [0.4, 0.5) is 0 Å². The van der Waals surface area contributed by atoms with E-state index in [4.69, 9.17) is 0 Å². The molecule has 3 rings (SSSR count). The number of hydrogen-bond donors (Lipinski definition) is 2. The fourth-order valence-corrected chi connectivity index (χ4v) is 4.04. The van der Waals surface area contributed by atoms with E-state index in [1.807, 2.05) is 19.1 Å². The van der Waals surface area contributed by atoms with E-state index >= 15 is 0 Å². The summed E-state index contributed by atoms with van der Waals surface area (Å²) in [6, 6.07) is 13.5. The lowest BCUT2D eigenvalue weighted by molar-refractivity contribution is -0.122. The number of benzene rings is 2. The number of carbonyl (C=O) groups is 2. The van der Waals surface area contributed by atoms with Crippen molar-refractivity contribution in [1.82, 2.24) is 15.8 Å². The first-order valence-electron chi connectivity index (χ1n) is 8.65. The molecule has 2 amide bonds. The first-order valence-corrected chi connectivity index (χ1v) is 10.1. The van der Waals surface area contributed by atoms with Crippen molar-refractivity contribution in [1.29, 1.82) is 0 Å². The van der Waals surface area contributed by atoms with Crippen molar-refractivity contribution >= 4 is 27.7 Å². The molecule has 2 aromatic rings. The summed E-state index contributed by atoms with van der Waals surface area (Å²) in [5.74, 6) is -0.762. The minimum absolute atomic E-state index is 0.112. The van der Waals surface area contributed by atoms with Crippen molar-refractivity contribution in [3.05, 3.63) is 65.2 Å². The standard InChI is InChI=1S/C19H20N4O4S/c1-3-13-8-10-14(11-9-13)19(25)21-20-17(24)12-23(2)18-15-6-4-5-7-16(15)28(26,27)22-18/h4-11H,3,12H2,1-2H3,(H,20,24)(H,21,25). The molecule has 0 atom stereocenters. The van der Waals surface area contributed by atoms with Gasteiger partial charge in [0.15, 0.2) is 5.84 Å². The van der Waals surface area contributed by atoms with Crippen molar-refractivity contribution in [3.8, 4) is 0 Å². The fraction of sp³-hybridized carbons (Fsp3) is 0.211. The predicted octanol–water partition coefficient (Wildman–Crippen LogP) is 1.09. The molecule has 0 bridgehead atoms. The number of carbonyl (C=O) groups excluding carboxylic acids is 2. The van der Waals surface area contributed by atoms with Crippen LogP contribution < -0.4 is 10.9 Å². The van der Waals surface area contributed by atoms with Gasteiger partial charge in [0.1, 0.15) is 4.90 Å². The highest BCUT2D eigenvalue weighted by Crippen LogP contribution is 2.26. The zero-order valence-corrected chi connectivity index (χ0v) is 16.3. The normalized spacial score (nSPS) is 14.0. The van der Waals surface area contributed by atoms with E-state index in [2.05, 4.69) is 15.2 Å². The van der Waals surface area contributed by atoms with Gasteiger partial charge in [-0.05, 0) is 36.2 Å². The van der Waals surface area contributed by atoms with Gasteiger partial charge in [-0.1, -0.05) is 31.2 Å². The zero-order valence-electron chi connectivity index (χ0n) is 15.5. The van der Waals surface area contributed by atoms with Crippen LogP contribution in [0.25, 0.3) is 0 Å². The summed E-state index contributed by atoms with van der Waals surface area (Å²) in [7, 11) is -2.20. The number of sulfonamides is 1. The molecule has 2 N–H and O–H groups in total. The minimum Gasteiger partial charge on any atom is -0.349 e. The van der Waals surface area contributed by atoms with Crippen LogP contribution in [0, 0.1) is 0 Å². The van der Waals surface area contributed by atoms with E-state index in [1.54, 1.807) is 37.4 Å². The van der Waals surface area contributed by atoms with Gasteiger partial charge in [0.25, 0.3) is 21.8 Å². The number of nitrogens with zero attached hydrogens (tertiary/aromatic N) is 2. The van der Waals surface area contributed by atoms with Gasteiger partial charge in [-0.25, -0.2) is 0 Å². The predicted molar refractivity (Wildman–Crippen MR) is 104 cm³/mol. The topological polar surface area (TPSA) is 108 Å². The Hall–Kier alpha value is -3.20. The molecule has 28 heavy (non-hydrogen) atoms. The number of amidine groups is 1. The van der Waals surface area contributed by atoms with Crippen LogP contribution >= 0.6 is 0 Å². The van der Waals surface area contributed by atoms with Crippen molar-refractivity contribution in [2.75, 3.05) is 13.6 Å². The van der Waals surface area contributed by atoms with Gasteiger partial charge >= 0.3 is 0 Å². The number of nitrogens with one attached hydrogen (secondary N) is 2.